The molecule has 12 nitrogen and oxygen atoms in total. The van der Waals surface area contributed by atoms with Crippen molar-refractivity contribution in [2.45, 2.75) is 24.9 Å². The third kappa shape index (κ3) is 4.72. The van der Waals surface area contributed by atoms with Crippen molar-refractivity contribution in [3.63, 3.8) is 0 Å². The average Bonchev–Trinajstić information content (AvgIpc) is 3.62. The molecule has 0 bridgehead atoms. The minimum absolute atomic E-state index is 0.110. The molecule has 0 radical (unpaired) electrons. The monoisotopic (exact) mass is 508 g/mol. The Hall–Kier alpha value is -3.68. The highest BCUT2D eigenvalue weighted by Gasteiger charge is 2.26. The van der Waals surface area contributed by atoms with Crippen molar-refractivity contribution >= 4 is 40.4 Å². The fourth-order valence-electron chi connectivity index (χ4n) is 4.26. The summed E-state index contributed by atoms with van der Waals surface area (Å²) in [5.41, 5.74) is 2.31. The van der Waals surface area contributed by atoms with Crippen LogP contribution in [0.15, 0.2) is 18.3 Å². The molecule has 1 saturated heterocycles. The first kappa shape index (κ1) is 24.0. The first-order chi connectivity index (χ1) is 17.5. The SMILES string of the molecule is N#Cc1cc(Nc2nc(NC3CC3)c3ncc(C#N)n3n2)c(Cl)c(N2CCN(C(CO)CO)CC2)c1. The van der Waals surface area contributed by atoms with Crippen LogP contribution in [0, 0.1) is 22.7 Å². The number of aliphatic hydroxyl groups excluding tert-OH is 2. The van der Waals surface area contributed by atoms with E-state index in [-0.39, 0.29) is 30.9 Å². The Morgan fingerprint density at radius 3 is 2.50 bits per heavy atom. The highest BCUT2D eigenvalue weighted by atomic mass is 35.5. The minimum Gasteiger partial charge on any atom is -0.395 e. The molecule has 5 rings (SSSR count). The van der Waals surface area contributed by atoms with Gasteiger partial charge in [0.2, 0.25) is 5.95 Å². The molecule has 1 saturated carbocycles. The Bertz CT molecular complexity index is 1350. The van der Waals surface area contributed by atoms with Crippen molar-refractivity contribution < 1.29 is 10.2 Å². The molecular formula is C23H25ClN10O2. The van der Waals surface area contributed by atoms with E-state index < -0.39 is 0 Å². The first-order valence-electron chi connectivity index (χ1n) is 11.7. The maximum absolute atomic E-state index is 9.66. The van der Waals surface area contributed by atoms with E-state index in [1.165, 1.54) is 10.7 Å². The van der Waals surface area contributed by atoms with Crippen LogP contribution in [0.2, 0.25) is 5.02 Å². The Labute approximate surface area is 212 Å². The third-order valence-corrected chi connectivity index (χ3v) is 6.81. The zero-order valence-electron chi connectivity index (χ0n) is 19.4. The molecule has 1 aromatic carbocycles. The zero-order chi connectivity index (χ0) is 25.2. The maximum Gasteiger partial charge on any atom is 0.247 e. The molecule has 186 valence electrons. The van der Waals surface area contributed by atoms with Crippen molar-refractivity contribution in [2.75, 3.05) is 54.9 Å². The second-order valence-electron chi connectivity index (χ2n) is 8.83. The second kappa shape index (κ2) is 10.1. The number of hydrogen-bond donors (Lipinski definition) is 4. The van der Waals surface area contributed by atoms with E-state index in [4.69, 9.17) is 11.6 Å². The quantitative estimate of drug-likeness (QED) is 0.347. The molecule has 0 amide bonds. The van der Waals surface area contributed by atoms with Gasteiger partial charge in [-0.2, -0.15) is 20.0 Å². The first-order valence-corrected chi connectivity index (χ1v) is 12.1. The van der Waals surface area contributed by atoms with Gasteiger partial charge in [0, 0.05) is 32.2 Å². The molecule has 1 aliphatic carbocycles. The van der Waals surface area contributed by atoms with Crippen molar-refractivity contribution in [3.8, 4) is 12.1 Å². The van der Waals surface area contributed by atoms with Crippen LogP contribution in [0.4, 0.5) is 23.1 Å². The van der Waals surface area contributed by atoms with Crippen LogP contribution in [0.25, 0.3) is 5.65 Å². The maximum atomic E-state index is 9.66. The van der Waals surface area contributed by atoms with Crippen LogP contribution in [-0.4, -0.2) is 86.2 Å². The molecule has 0 unspecified atom stereocenters. The van der Waals surface area contributed by atoms with Crippen LogP contribution in [0.5, 0.6) is 0 Å². The van der Waals surface area contributed by atoms with Gasteiger partial charge in [-0.05, 0) is 25.0 Å². The van der Waals surface area contributed by atoms with Crippen LogP contribution in [0.3, 0.4) is 0 Å². The van der Waals surface area contributed by atoms with E-state index in [0.717, 1.165) is 12.8 Å². The van der Waals surface area contributed by atoms with Crippen molar-refractivity contribution in [3.05, 3.63) is 34.6 Å². The van der Waals surface area contributed by atoms with Crippen molar-refractivity contribution in [1.29, 1.82) is 10.5 Å². The highest BCUT2D eigenvalue weighted by Crippen LogP contribution is 2.36. The number of anilines is 4. The van der Waals surface area contributed by atoms with E-state index in [9.17, 15) is 20.7 Å². The lowest BCUT2D eigenvalue weighted by Gasteiger charge is -2.39. The Morgan fingerprint density at radius 2 is 1.86 bits per heavy atom. The van der Waals surface area contributed by atoms with E-state index >= 15 is 0 Å². The number of aromatic nitrogens is 4. The molecule has 4 N–H and O–H groups in total. The summed E-state index contributed by atoms with van der Waals surface area (Å²) in [7, 11) is 0. The van der Waals surface area contributed by atoms with Crippen LogP contribution >= 0.6 is 11.6 Å². The van der Waals surface area contributed by atoms with Gasteiger partial charge in [-0.3, -0.25) is 4.90 Å². The zero-order valence-corrected chi connectivity index (χ0v) is 20.1. The third-order valence-electron chi connectivity index (χ3n) is 6.42. The molecule has 0 spiro atoms. The predicted octanol–water partition coefficient (Wildman–Crippen LogP) is 1.31. The van der Waals surface area contributed by atoms with Gasteiger partial charge in [0.25, 0.3) is 0 Å². The summed E-state index contributed by atoms with van der Waals surface area (Å²) in [6, 6.07) is 7.66. The second-order valence-corrected chi connectivity index (χ2v) is 9.21. The minimum atomic E-state index is -0.294. The lowest BCUT2D eigenvalue weighted by molar-refractivity contribution is 0.0700. The van der Waals surface area contributed by atoms with E-state index in [1.807, 2.05) is 4.90 Å². The number of nitrogens with one attached hydrogen (secondary N) is 2. The van der Waals surface area contributed by atoms with E-state index in [0.29, 0.717) is 65.6 Å². The number of benzene rings is 1. The topological polar surface area (TPSA) is 162 Å². The van der Waals surface area contributed by atoms with E-state index in [2.05, 4.69) is 42.7 Å². The lowest BCUT2D eigenvalue weighted by Crippen LogP contribution is -2.52. The lowest BCUT2D eigenvalue weighted by atomic mass is 10.1. The van der Waals surface area contributed by atoms with Crippen LogP contribution in [0.1, 0.15) is 24.1 Å². The summed E-state index contributed by atoms with van der Waals surface area (Å²) >= 11 is 6.81. The number of halogens is 1. The Morgan fingerprint density at radius 1 is 1.11 bits per heavy atom. The van der Waals surface area contributed by atoms with Gasteiger partial charge in [0.1, 0.15) is 6.07 Å². The van der Waals surface area contributed by atoms with Gasteiger partial charge in [-0.1, -0.05) is 11.6 Å². The Balaban J connectivity index is 1.45. The summed E-state index contributed by atoms with van der Waals surface area (Å²) in [6.45, 7) is 2.28. The summed E-state index contributed by atoms with van der Waals surface area (Å²) in [5.74, 6) is 0.726. The normalized spacial score (nSPS) is 16.2. The summed E-state index contributed by atoms with van der Waals surface area (Å²) in [5, 5.41) is 49.4. The van der Waals surface area contributed by atoms with Crippen molar-refractivity contribution in [1.82, 2.24) is 24.5 Å². The number of fused-ring (bicyclic) bond motifs is 1. The molecular weight excluding hydrogens is 484 g/mol. The van der Waals surface area contributed by atoms with E-state index in [1.54, 1.807) is 12.1 Å². The van der Waals surface area contributed by atoms with Gasteiger partial charge in [0.15, 0.2) is 17.2 Å². The standard InChI is InChI=1S/C23H25ClN10O2/c24-20-18(7-14(9-25)8-19(20)33-5-3-32(4-6-33)17(12-35)13-36)29-23-30-21(28-15-1-2-15)22-27-11-16(10-26)34(22)31-23/h7-8,11,15,17,35-36H,1-6,12-13H2,(H2,28,29,30,31). The number of rotatable bonds is 8. The Kier molecular flexibility index (Phi) is 6.76. The highest BCUT2D eigenvalue weighted by molar-refractivity contribution is 6.36. The van der Waals surface area contributed by atoms with Crippen LogP contribution in [-0.2, 0) is 0 Å². The number of nitriles is 2. The van der Waals surface area contributed by atoms with Crippen LogP contribution < -0.4 is 15.5 Å². The van der Waals surface area contributed by atoms with Gasteiger partial charge in [-0.25, -0.2) is 4.98 Å². The largest absolute Gasteiger partial charge is 0.395 e. The molecule has 3 heterocycles. The molecule has 2 fully saturated rings. The predicted molar refractivity (Wildman–Crippen MR) is 133 cm³/mol. The van der Waals surface area contributed by atoms with Gasteiger partial charge >= 0.3 is 0 Å². The summed E-state index contributed by atoms with van der Waals surface area (Å²) < 4.78 is 1.43. The fraction of sp³-hybridized carbons (Fsp3) is 0.435. The number of hydrogen-bond acceptors (Lipinski definition) is 11. The number of nitrogens with zero attached hydrogens (tertiary/aromatic N) is 8. The number of piperazine rings is 1. The molecule has 2 aromatic heterocycles. The van der Waals surface area contributed by atoms with Gasteiger partial charge in [0.05, 0.1) is 53.5 Å². The smallest absolute Gasteiger partial charge is 0.247 e. The fourth-order valence-corrected chi connectivity index (χ4v) is 4.54. The molecule has 36 heavy (non-hydrogen) atoms. The van der Waals surface area contributed by atoms with Gasteiger partial charge < -0.3 is 25.7 Å². The number of imidazole rings is 1. The summed E-state index contributed by atoms with van der Waals surface area (Å²) in [6.07, 6.45) is 3.52. The molecule has 2 aliphatic rings. The average molecular weight is 509 g/mol. The molecule has 3 aromatic rings. The summed E-state index contributed by atoms with van der Waals surface area (Å²) in [4.78, 5) is 13.0. The molecule has 13 heteroatoms. The number of aliphatic hydroxyl groups is 2. The molecule has 1 aliphatic heterocycles. The van der Waals surface area contributed by atoms with Crippen molar-refractivity contribution in [2.24, 2.45) is 0 Å². The molecule has 0 atom stereocenters. The van der Waals surface area contributed by atoms with Gasteiger partial charge in [-0.15, -0.1) is 5.10 Å².